The minimum absolute atomic E-state index is 0.0447. The summed E-state index contributed by atoms with van der Waals surface area (Å²) in [6, 6.07) is 0. The molecule has 0 aromatic carbocycles. The third-order valence-corrected chi connectivity index (χ3v) is 5.49. The smallest absolute Gasteiger partial charge is 0.463 e. The molecule has 0 radical (unpaired) electrons. The van der Waals surface area contributed by atoms with Gasteiger partial charge in [-0.1, -0.05) is 67.7 Å². The fourth-order valence-corrected chi connectivity index (χ4v) is 3.40. The van der Waals surface area contributed by atoms with E-state index >= 15 is 0 Å². The Bertz CT molecular complexity index is 804. The molecule has 3 N–H and O–H groups in total. The quantitative estimate of drug-likeness (QED) is 0.0748. The molecule has 2 unspecified atom stereocenters. The van der Waals surface area contributed by atoms with E-state index in [4.69, 9.17) is 4.74 Å². The molecule has 0 fully saturated rings. The van der Waals surface area contributed by atoms with E-state index in [1.54, 1.807) is 0 Å². The Morgan fingerprint density at radius 1 is 0.865 bits per heavy atom. The van der Waals surface area contributed by atoms with E-state index in [-0.39, 0.29) is 32.1 Å². The lowest BCUT2D eigenvalue weighted by Gasteiger charge is -2.15. The molecule has 1 amide bonds. The summed E-state index contributed by atoms with van der Waals surface area (Å²) < 4.78 is 25.9. The molecule has 0 saturated heterocycles. The van der Waals surface area contributed by atoms with E-state index in [1.807, 2.05) is 12.2 Å². The molecule has 210 valence electrons. The minimum atomic E-state index is -4.37. The summed E-state index contributed by atoms with van der Waals surface area (Å²) in [5.74, 6) is -0.766. The Labute approximate surface area is 221 Å². The van der Waals surface area contributed by atoms with Crippen molar-refractivity contribution in [3.05, 3.63) is 60.8 Å². The van der Waals surface area contributed by atoms with E-state index < -0.39 is 26.5 Å². The molecule has 0 aliphatic carbocycles. The molecule has 0 aromatic heterocycles. The van der Waals surface area contributed by atoms with Crippen molar-refractivity contribution in [3.63, 3.8) is 0 Å². The fraction of sp³-hybridized carbons (Fsp3) is 0.556. The molecule has 0 aromatic rings. The number of phosphoric ester groups is 1. The SMILES string of the molecule is CC/C=C\C/C=C\C/C=C\C/C=C\C/C=C\CCCC(=O)OCC(O)COP(=O)(O)OCCNC(C)=O. The van der Waals surface area contributed by atoms with E-state index in [0.717, 1.165) is 38.5 Å². The number of rotatable bonds is 22. The van der Waals surface area contributed by atoms with Crippen molar-refractivity contribution in [2.75, 3.05) is 26.4 Å². The van der Waals surface area contributed by atoms with Gasteiger partial charge in [-0.05, 0) is 44.9 Å². The van der Waals surface area contributed by atoms with E-state index in [2.05, 4.69) is 69.9 Å². The first-order valence-electron chi connectivity index (χ1n) is 12.7. The number of phosphoric acid groups is 1. The van der Waals surface area contributed by atoms with Crippen molar-refractivity contribution < 1.29 is 37.9 Å². The molecule has 0 aliphatic heterocycles. The zero-order valence-corrected chi connectivity index (χ0v) is 23.0. The molecular weight excluding hydrogens is 497 g/mol. The maximum atomic E-state index is 11.8. The van der Waals surface area contributed by atoms with Crippen molar-refractivity contribution in [1.82, 2.24) is 5.32 Å². The van der Waals surface area contributed by atoms with Crippen LogP contribution in [-0.2, 0) is 27.9 Å². The van der Waals surface area contributed by atoms with Crippen molar-refractivity contribution in [2.45, 2.75) is 71.3 Å². The number of nitrogens with one attached hydrogen (secondary N) is 1. The van der Waals surface area contributed by atoms with Gasteiger partial charge in [0.15, 0.2) is 0 Å². The first-order chi connectivity index (χ1) is 17.8. The highest BCUT2D eigenvalue weighted by Crippen LogP contribution is 2.42. The van der Waals surface area contributed by atoms with Crippen molar-refractivity contribution in [1.29, 1.82) is 0 Å². The van der Waals surface area contributed by atoms with Crippen LogP contribution in [0.3, 0.4) is 0 Å². The lowest BCUT2D eigenvalue weighted by atomic mass is 10.2. The summed E-state index contributed by atoms with van der Waals surface area (Å²) in [6.45, 7) is 2.35. The number of allylic oxidation sites excluding steroid dienone is 10. The Morgan fingerprint density at radius 3 is 1.95 bits per heavy atom. The van der Waals surface area contributed by atoms with Gasteiger partial charge in [0.05, 0.1) is 13.2 Å². The number of carbonyl (C=O) groups is 2. The van der Waals surface area contributed by atoms with Gasteiger partial charge in [-0.2, -0.15) is 0 Å². The van der Waals surface area contributed by atoms with Gasteiger partial charge in [0, 0.05) is 19.9 Å². The molecule has 0 spiro atoms. The standard InChI is InChI=1S/C27H44NO8P/c1-3-4-5-6-7-8-9-10-11-12-13-14-15-16-17-18-19-20-27(31)34-23-26(30)24-36-37(32,33)35-22-21-28-25(2)29/h4-5,7-8,10-11,13-14,16-17,26,30H,3,6,9,12,15,18-24H2,1-2H3,(H,28,29)(H,32,33)/b5-4-,8-7-,11-10-,14-13-,17-16-. The first-order valence-corrected chi connectivity index (χ1v) is 14.2. The van der Waals surface area contributed by atoms with Gasteiger partial charge in [0.25, 0.3) is 0 Å². The molecule has 10 heteroatoms. The number of carbonyl (C=O) groups excluding carboxylic acids is 2. The molecule has 0 saturated carbocycles. The number of unbranched alkanes of at least 4 members (excludes halogenated alkanes) is 1. The zero-order valence-electron chi connectivity index (χ0n) is 22.1. The lowest BCUT2D eigenvalue weighted by Crippen LogP contribution is -2.25. The number of aliphatic hydroxyl groups is 1. The van der Waals surface area contributed by atoms with Crippen LogP contribution in [0.1, 0.15) is 65.2 Å². The Kier molecular flexibility index (Phi) is 22.6. The largest absolute Gasteiger partial charge is 0.472 e. The van der Waals surface area contributed by atoms with Gasteiger partial charge < -0.3 is 20.1 Å². The number of esters is 1. The average Bonchev–Trinajstić information content (AvgIpc) is 2.86. The number of hydrogen-bond donors (Lipinski definition) is 3. The van der Waals surface area contributed by atoms with Crippen LogP contribution in [0.5, 0.6) is 0 Å². The normalized spacial score (nSPS) is 14.8. The minimum Gasteiger partial charge on any atom is -0.463 e. The summed E-state index contributed by atoms with van der Waals surface area (Å²) in [4.78, 5) is 31.9. The Balaban J connectivity index is 3.75. The summed E-state index contributed by atoms with van der Waals surface area (Å²) in [5, 5.41) is 12.1. The third kappa shape index (κ3) is 26.6. The highest BCUT2D eigenvalue weighted by molar-refractivity contribution is 7.47. The summed E-state index contributed by atoms with van der Waals surface area (Å²) in [6.07, 6.45) is 26.3. The van der Waals surface area contributed by atoms with Crippen LogP contribution in [-0.4, -0.2) is 54.3 Å². The second-order valence-corrected chi connectivity index (χ2v) is 9.47. The summed E-state index contributed by atoms with van der Waals surface area (Å²) in [7, 11) is -4.37. The molecule has 0 heterocycles. The van der Waals surface area contributed by atoms with Gasteiger partial charge >= 0.3 is 13.8 Å². The monoisotopic (exact) mass is 541 g/mol. The van der Waals surface area contributed by atoms with Gasteiger partial charge in [-0.25, -0.2) is 4.57 Å². The van der Waals surface area contributed by atoms with E-state index in [1.165, 1.54) is 6.92 Å². The van der Waals surface area contributed by atoms with Crippen LogP contribution < -0.4 is 5.32 Å². The molecule has 0 aliphatic rings. The van der Waals surface area contributed by atoms with Crippen LogP contribution in [0.25, 0.3) is 0 Å². The highest BCUT2D eigenvalue weighted by atomic mass is 31.2. The second kappa shape index (κ2) is 24.1. The number of aliphatic hydroxyl groups excluding tert-OH is 1. The first kappa shape index (κ1) is 34.7. The van der Waals surface area contributed by atoms with Crippen LogP contribution in [0.15, 0.2) is 60.8 Å². The fourth-order valence-electron chi connectivity index (χ4n) is 2.65. The topological polar surface area (TPSA) is 131 Å². The van der Waals surface area contributed by atoms with Crippen molar-refractivity contribution >= 4 is 19.7 Å². The van der Waals surface area contributed by atoms with Crippen LogP contribution in [0, 0.1) is 0 Å². The van der Waals surface area contributed by atoms with E-state index in [0.29, 0.717) is 6.42 Å². The number of amides is 1. The number of hydrogen-bond acceptors (Lipinski definition) is 7. The Morgan fingerprint density at radius 2 is 1.41 bits per heavy atom. The highest BCUT2D eigenvalue weighted by Gasteiger charge is 2.23. The average molecular weight is 542 g/mol. The van der Waals surface area contributed by atoms with Gasteiger partial charge in [-0.15, -0.1) is 0 Å². The molecule has 9 nitrogen and oxygen atoms in total. The van der Waals surface area contributed by atoms with Gasteiger partial charge in [0.1, 0.15) is 12.7 Å². The van der Waals surface area contributed by atoms with Gasteiger partial charge in [-0.3, -0.25) is 18.6 Å². The molecule has 0 rings (SSSR count). The van der Waals surface area contributed by atoms with Crippen LogP contribution in [0.4, 0.5) is 0 Å². The molecular formula is C27H44NO8P. The van der Waals surface area contributed by atoms with E-state index in [9.17, 15) is 24.2 Å². The summed E-state index contributed by atoms with van der Waals surface area (Å²) in [5.41, 5.74) is 0. The van der Waals surface area contributed by atoms with Crippen LogP contribution in [0.2, 0.25) is 0 Å². The van der Waals surface area contributed by atoms with Crippen molar-refractivity contribution in [3.8, 4) is 0 Å². The second-order valence-electron chi connectivity index (χ2n) is 8.02. The maximum absolute atomic E-state index is 11.8. The number of ether oxygens (including phenoxy) is 1. The molecule has 37 heavy (non-hydrogen) atoms. The molecule has 0 bridgehead atoms. The third-order valence-electron chi connectivity index (χ3n) is 4.51. The van der Waals surface area contributed by atoms with Gasteiger partial charge in [0.2, 0.25) is 5.91 Å². The summed E-state index contributed by atoms with van der Waals surface area (Å²) >= 11 is 0. The predicted molar refractivity (Wildman–Crippen MR) is 146 cm³/mol. The molecule has 2 atom stereocenters. The maximum Gasteiger partial charge on any atom is 0.472 e. The van der Waals surface area contributed by atoms with Crippen molar-refractivity contribution in [2.24, 2.45) is 0 Å². The Hall–Kier alpha value is -2.29. The van der Waals surface area contributed by atoms with Crippen LogP contribution >= 0.6 is 7.82 Å². The lowest BCUT2D eigenvalue weighted by molar-refractivity contribution is -0.147. The predicted octanol–water partition coefficient (Wildman–Crippen LogP) is 5.08. The zero-order chi connectivity index (χ0) is 27.6.